The number of hydrogen-bond acceptors (Lipinski definition) is 6. The van der Waals surface area contributed by atoms with Gasteiger partial charge in [-0.15, -0.1) is 0 Å². The van der Waals surface area contributed by atoms with Crippen molar-refractivity contribution in [1.29, 1.82) is 0 Å². The van der Waals surface area contributed by atoms with Crippen LogP contribution in [0.3, 0.4) is 0 Å². The molecule has 0 fully saturated rings. The fraction of sp³-hybridized carbons (Fsp3) is 0.111. The number of hydrogen-bond donors (Lipinski definition) is 1. The Hall–Kier alpha value is -3.35. The lowest BCUT2D eigenvalue weighted by atomic mass is 10.1. The van der Waals surface area contributed by atoms with Crippen LogP contribution < -0.4 is 0 Å². The monoisotopic (exact) mass is 340 g/mol. The van der Waals surface area contributed by atoms with E-state index in [2.05, 4.69) is 14.7 Å². The summed E-state index contributed by atoms with van der Waals surface area (Å²) in [4.78, 5) is 30.3. The van der Waals surface area contributed by atoms with Crippen LogP contribution in [-0.2, 0) is 16.0 Å². The van der Waals surface area contributed by atoms with E-state index in [1.807, 2.05) is 0 Å². The van der Waals surface area contributed by atoms with Gasteiger partial charge >= 0.3 is 0 Å². The fourth-order valence-corrected chi connectivity index (χ4v) is 2.42. The predicted octanol–water partition coefficient (Wildman–Crippen LogP) is 2.42. The highest BCUT2D eigenvalue weighted by Gasteiger charge is 2.16. The summed E-state index contributed by atoms with van der Waals surface area (Å²) in [6, 6.07) is 7.86. The predicted molar refractivity (Wildman–Crippen MR) is 86.8 cm³/mol. The first kappa shape index (κ1) is 16.5. The van der Waals surface area contributed by atoms with Gasteiger partial charge in [0.05, 0.1) is 11.1 Å². The van der Waals surface area contributed by atoms with Crippen LogP contribution in [0.2, 0.25) is 0 Å². The number of fused-ring (bicyclic) bond motifs is 1. The molecule has 2 aromatic heterocycles. The Morgan fingerprint density at radius 1 is 1.16 bits per heavy atom. The number of aromatic nitrogens is 2. The SMILES string of the molecule is O=COCC(=O)c1cnc2cc(Cc3ccc(F)cc3)cnc2c1O. The summed E-state index contributed by atoms with van der Waals surface area (Å²) in [6.45, 7) is -0.323. The van der Waals surface area contributed by atoms with Crippen LogP contribution in [0.25, 0.3) is 11.0 Å². The fourth-order valence-electron chi connectivity index (χ4n) is 2.42. The highest BCUT2D eigenvalue weighted by atomic mass is 19.1. The molecule has 3 rings (SSSR count). The lowest BCUT2D eigenvalue weighted by Crippen LogP contribution is -2.09. The van der Waals surface area contributed by atoms with E-state index in [9.17, 15) is 19.1 Å². The Morgan fingerprint density at radius 3 is 2.64 bits per heavy atom. The summed E-state index contributed by atoms with van der Waals surface area (Å²) < 4.78 is 17.3. The molecule has 0 aliphatic carbocycles. The molecule has 126 valence electrons. The second-order valence-electron chi connectivity index (χ2n) is 5.37. The highest BCUT2D eigenvalue weighted by Crippen LogP contribution is 2.26. The maximum Gasteiger partial charge on any atom is 0.293 e. The van der Waals surface area contributed by atoms with Crippen molar-refractivity contribution in [3.8, 4) is 5.75 Å². The van der Waals surface area contributed by atoms with E-state index in [1.54, 1.807) is 24.4 Å². The van der Waals surface area contributed by atoms with Gasteiger partial charge < -0.3 is 9.84 Å². The van der Waals surface area contributed by atoms with Crippen LogP contribution in [-0.4, -0.2) is 33.9 Å². The number of pyridine rings is 2. The van der Waals surface area contributed by atoms with Crippen LogP contribution >= 0.6 is 0 Å². The minimum atomic E-state index is -0.573. The van der Waals surface area contributed by atoms with Crippen molar-refractivity contribution in [3.05, 3.63) is 65.2 Å². The summed E-state index contributed by atoms with van der Waals surface area (Å²) in [6.07, 6.45) is 3.31. The molecule has 0 amide bonds. The molecule has 0 radical (unpaired) electrons. The van der Waals surface area contributed by atoms with Gasteiger partial charge in [0.1, 0.15) is 11.3 Å². The number of Topliss-reactive ketones (excluding diaryl/α,β-unsaturated/α-hetero) is 1. The Balaban J connectivity index is 1.89. The Morgan fingerprint density at radius 2 is 1.92 bits per heavy atom. The number of halogens is 1. The van der Waals surface area contributed by atoms with Gasteiger partial charge in [0, 0.05) is 12.4 Å². The Bertz CT molecular complexity index is 942. The van der Waals surface area contributed by atoms with E-state index in [1.165, 1.54) is 18.3 Å². The van der Waals surface area contributed by atoms with Gasteiger partial charge in [0.15, 0.2) is 12.4 Å². The topological polar surface area (TPSA) is 89.4 Å². The molecule has 0 aliphatic heterocycles. The van der Waals surface area contributed by atoms with Gasteiger partial charge in [0.25, 0.3) is 6.47 Å². The van der Waals surface area contributed by atoms with E-state index in [-0.39, 0.29) is 29.1 Å². The van der Waals surface area contributed by atoms with E-state index < -0.39 is 12.4 Å². The Labute approximate surface area is 141 Å². The molecule has 0 spiro atoms. The first-order chi connectivity index (χ1) is 12.1. The molecule has 2 heterocycles. The molecular formula is C18H13FN2O4. The van der Waals surface area contributed by atoms with Crippen molar-refractivity contribution < 1.29 is 23.8 Å². The van der Waals surface area contributed by atoms with Gasteiger partial charge in [-0.3, -0.25) is 19.6 Å². The van der Waals surface area contributed by atoms with Gasteiger partial charge in [-0.05, 0) is 35.7 Å². The van der Waals surface area contributed by atoms with Gasteiger partial charge in [-0.25, -0.2) is 4.39 Å². The zero-order valence-corrected chi connectivity index (χ0v) is 13.0. The number of ketones is 1. The third kappa shape index (κ3) is 3.60. The number of ether oxygens (including phenoxy) is 1. The van der Waals surface area contributed by atoms with Crippen molar-refractivity contribution in [2.45, 2.75) is 6.42 Å². The zero-order valence-electron chi connectivity index (χ0n) is 13.0. The molecule has 0 saturated carbocycles. The van der Waals surface area contributed by atoms with Gasteiger partial charge in [0.2, 0.25) is 5.78 Å². The number of benzene rings is 1. The van der Waals surface area contributed by atoms with Gasteiger partial charge in [-0.2, -0.15) is 0 Å². The molecule has 6 nitrogen and oxygen atoms in total. The van der Waals surface area contributed by atoms with Crippen molar-refractivity contribution in [3.63, 3.8) is 0 Å². The van der Waals surface area contributed by atoms with Crippen molar-refractivity contribution in [1.82, 2.24) is 9.97 Å². The lowest BCUT2D eigenvalue weighted by molar-refractivity contribution is -0.127. The van der Waals surface area contributed by atoms with Crippen LogP contribution in [0.4, 0.5) is 4.39 Å². The maximum atomic E-state index is 13.0. The van der Waals surface area contributed by atoms with E-state index in [0.29, 0.717) is 11.9 Å². The minimum absolute atomic E-state index is 0.0619. The minimum Gasteiger partial charge on any atom is -0.505 e. The molecule has 0 bridgehead atoms. The molecule has 0 saturated heterocycles. The third-order valence-electron chi connectivity index (χ3n) is 3.64. The summed E-state index contributed by atoms with van der Waals surface area (Å²) in [5, 5.41) is 10.2. The molecule has 3 aromatic rings. The number of aromatic hydroxyl groups is 1. The molecule has 0 atom stereocenters. The smallest absolute Gasteiger partial charge is 0.293 e. The second-order valence-corrected chi connectivity index (χ2v) is 5.37. The zero-order chi connectivity index (χ0) is 17.8. The summed E-state index contributed by atoms with van der Waals surface area (Å²) >= 11 is 0. The highest BCUT2D eigenvalue weighted by molar-refractivity contribution is 6.03. The maximum absolute atomic E-state index is 13.0. The first-order valence-electron chi connectivity index (χ1n) is 7.38. The molecule has 1 aromatic carbocycles. The van der Waals surface area contributed by atoms with Crippen molar-refractivity contribution in [2.75, 3.05) is 6.61 Å². The average Bonchev–Trinajstić information content (AvgIpc) is 2.62. The lowest BCUT2D eigenvalue weighted by Gasteiger charge is -2.07. The molecule has 7 heteroatoms. The van der Waals surface area contributed by atoms with Crippen LogP contribution in [0, 0.1) is 5.82 Å². The second kappa shape index (κ2) is 7.04. The first-order valence-corrected chi connectivity index (χ1v) is 7.38. The van der Waals surface area contributed by atoms with Crippen molar-refractivity contribution in [2.24, 2.45) is 0 Å². The quantitative estimate of drug-likeness (QED) is 0.547. The Kier molecular flexibility index (Phi) is 4.65. The molecule has 0 unspecified atom stereocenters. The van der Waals surface area contributed by atoms with Crippen LogP contribution in [0.15, 0.2) is 42.7 Å². The van der Waals surface area contributed by atoms with E-state index >= 15 is 0 Å². The third-order valence-corrected chi connectivity index (χ3v) is 3.64. The average molecular weight is 340 g/mol. The standard InChI is InChI=1S/C18H13FN2O4/c19-13-3-1-11(2-4-13)5-12-6-15-17(21-7-12)18(24)14(8-20-15)16(23)9-25-10-22/h1-4,6-8,10H,5,9H2,(H,20,24). The summed E-state index contributed by atoms with van der Waals surface area (Å²) in [7, 11) is 0. The number of carbonyl (C=O) groups excluding carboxylic acids is 2. The van der Waals surface area contributed by atoms with Gasteiger partial charge in [-0.1, -0.05) is 12.1 Å². The molecular weight excluding hydrogens is 327 g/mol. The molecule has 1 N–H and O–H groups in total. The largest absolute Gasteiger partial charge is 0.505 e. The normalized spacial score (nSPS) is 10.6. The van der Waals surface area contributed by atoms with Crippen LogP contribution in [0.5, 0.6) is 5.75 Å². The number of nitrogens with zero attached hydrogens (tertiary/aromatic N) is 2. The van der Waals surface area contributed by atoms with E-state index in [0.717, 1.165) is 11.1 Å². The summed E-state index contributed by atoms with van der Waals surface area (Å²) in [5.74, 6) is -1.18. The summed E-state index contributed by atoms with van der Waals surface area (Å²) in [5.41, 5.74) is 2.27. The number of rotatable bonds is 6. The van der Waals surface area contributed by atoms with Crippen LogP contribution in [0.1, 0.15) is 21.5 Å². The van der Waals surface area contributed by atoms with E-state index in [4.69, 9.17) is 0 Å². The molecule has 0 aliphatic rings. The molecule has 25 heavy (non-hydrogen) atoms. The number of carbonyl (C=O) groups is 2. The van der Waals surface area contributed by atoms with Crippen molar-refractivity contribution >= 4 is 23.3 Å².